The molecular weight excluding hydrogens is 364 g/mol. The van der Waals surface area contributed by atoms with Crippen LogP contribution in [0.5, 0.6) is 11.5 Å². The van der Waals surface area contributed by atoms with Gasteiger partial charge in [0.05, 0.1) is 7.11 Å². The Morgan fingerprint density at radius 2 is 1.83 bits per heavy atom. The number of nitrogens with one attached hydrogen (secondary N) is 1. The van der Waals surface area contributed by atoms with Crippen molar-refractivity contribution in [3.63, 3.8) is 0 Å². The third kappa shape index (κ3) is 4.73. The summed E-state index contributed by atoms with van der Waals surface area (Å²) in [5, 5.41) is 3.46. The van der Waals surface area contributed by atoms with E-state index in [4.69, 9.17) is 9.47 Å². The van der Waals surface area contributed by atoms with Crippen LogP contribution in [0.4, 0.5) is 0 Å². The van der Waals surface area contributed by atoms with E-state index < -0.39 is 0 Å². The molecule has 5 nitrogen and oxygen atoms in total. The summed E-state index contributed by atoms with van der Waals surface area (Å²) in [7, 11) is 1.65. The maximum atomic E-state index is 13.0. The molecule has 2 saturated heterocycles. The molecule has 2 heterocycles. The molecular formula is C24H30N2O3. The third-order valence-corrected chi connectivity index (χ3v) is 5.99. The van der Waals surface area contributed by atoms with Crippen LogP contribution in [0.2, 0.25) is 0 Å². The number of amides is 1. The molecule has 1 N–H and O–H groups in total. The average molecular weight is 395 g/mol. The van der Waals surface area contributed by atoms with Gasteiger partial charge < -0.3 is 19.7 Å². The molecule has 0 saturated carbocycles. The van der Waals surface area contributed by atoms with E-state index in [-0.39, 0.29) is 12.0 Å². The first-order valence-electron chi connectivity index (χ1n) is 10.6. The molecule has 0 unspecified atom stereocenters. The van der Waals surface area contributed by atoms with Crippen LogP contribution in [0, 0.1) is 0 Å². The fraction of sp³-hybridized carbons (Fsp3) is 0.458. The maximum Gasteiger partial charge on any atom is 0.253 e. The van der Waals surface area contributed by atoms with Gasteiger partial charge in [-0.1, -0.05) is 24.3 Å². The minimum absolute atomic E-state index is 0.106. The molecule has 2 aliphatic rings. The summed E-state index contributed by atoms with van der Waals surface area (Å²) < 4.78 is 11.5. The lowest BCUT2D eigenvalue weighted by Crippen LogP contribution is -2.41. The topological polar surface area (TPSA) is 50.8 Å². The zero-order valence-corrected chi connectivity index (χ0v) is 17.1. The Labute approximate surface area is 173 Å². The van der Waals surface area contributed by atoms with Crippen LogP contribution in [0.25, 0.3) is 0 Å². The number of rotatable bonds is 5. The molecule has 4 rings (SSSR count). The normalized spacial score (nSPS) is 20.3. The van der Waals surface area contributed by atoms with E-state index in [9.17, 15) is 4.79 Å². The lowest BCUT2D eigenvalue weighted by Gasteiger charge is -2.32. The van der Waals surface area contributed by atoms with Crippen molar-refractivity contribution in [1.82, 2.24) is 10.2 Å². The molecule has 29 heavy (non-hydrogen) atoms. The van der Waals surface area contributed by atoms with Gasteiger partial charge in [-0.2, -0.15) is 0 Å². The van der Waals surface area contributed by atoms with E-state index in [1.54, 1.807) is 7.11 Å². The van der Waals surface area contributed by atoms with Crippen LogP contribution < -0.4 is 14.8 Å². The number of hydrogen-bond acceptors (Lipinski definition) is 4. The fourth-order valence-corrected chi connectivity index (χ4v) is 4.32. The van der Waals surface area contributed by atoms with Crippen LogP contribution in [0.15, 0.2) is 48.5 Å². The molecule has 1 atom stereocenters. The lowest BCUT2D eigenvalue weighted by molar-refractivity contribution is 0.0590. The maximum absolute atomic E-state index is 13.0. The van der Waals surface area contributed by atoms with Crippen molar-refractivity contribution in [3.8, 4) is 11.5 Å². The number of hydrogen-bond donors (Lipinski definition) is 1. The number of nitrogens with zero attached hydrogens (tertiary/aromatic N) is 1. The van der Waals surface area contributed by atoms with Crippen LogP contribution >= 0.6 is 0 Å². The van der Waals surface area contributed by atoms with Gasteiger partial charge in [0.1, 0.15) is 6.10 Å². The van der Waals surface area contributed by atoms with Gasteiger partial charge >= 0.3 is 0 Å². The first kappa shape index (κ1) is 19.8. The Morgan fingerprint density at radius 1 is 1.03 bits per heavy atom. The van der Waals surface area contributed by atoms with E-state index in [2.05, 4.69) is 17.4 Å². The number of benzene rings is 2. The van der Waals surface area contributed by atoms with Crippen LogP contribution in [0.1, 0.15) is 47.5 Å². The quantitative estimate of drug-likeness (QED) is 0.837. The first-order chi connectivity index (χ1) is 14.2. The molecule has 2 fully saturated rings. The summed E-state index contributed by atoms with van der Waals surface area (Å²) in [5.41, 5.74) is 2.08. The van der Waals surface area contributed by atoms with Gasteiger partial charge in [-0.05, 0) is 55.1 Å². The van der Waals surface area contributed by atoms with Crippen LogP contribution in [-0.2, 0) is 0 Å². The second-order valence-electron chi connectivity index (χ2n) is 7.93. The Bertz CT molecular complexity index is 824. The van der Waals surface area contributed by atoms with Gasteiger partial charge in [-0.15, -0.1) is 0 Å². The largest absolute Gasteiger partial charge is 0.493 e. The number of carbonyl (C=O) groups is 1. The first-order valence-corrected chi connectivity index (χ1v) is 10.6. The van der Waals surface area contributed by atoms with Gasteiger partial charge in [0, 0.05) is 38.0 Å². The van der Waals surface area contributed by atoms with Gasteiger partial charge in [0.2, 0.25) is 0 Å². The van der Waals surface area contributed by atoms with Crippen LogP contribution in [-0.4, -0.2) is 50.2 Å². The van der Waals surface area contributed by atoms with E-state index >= 15 is 0 Å². The highest BCUT2D eigenvalue weighted by Crippen LogP contribution is 2.29. The zero-order chi connectivity index (χ0) is 20.1. The Kier molecular flexibility index (Phi) is 6.35. The predicted octanol–water partition coefficient (Wildman–Crippen LogP) is 3.85. The molecule has 0 aromatic heterocycles. The summed E-state index contributed by atoms with van der Waals surface area (Å²) in [6.45, 7) is 3.53. The van der Waals surface area contributed by atoms with Gasteiger partial charge in [0.15, 0.2) is 11.5 Å². The minimum Gasteiger partial charge on any atom is -0.493 e. The van der Waals surface area contributed by atoms with Crippen molar-refractivity contribution in [2.75, 3.05) is 33.3 Å². The van der Waals surface area contributed by atoms with Crippen molar-refractivity contribution in [2.45, 2.75) is 37.7 Å². The number of likely N-dealkylation sites (tertiary alicyclic amines) is 1. The van der Waals surface area contributed by atoms with Gasteiger partial charge in [-0.25, -0.2) is 0 Å². The fourth-order valence-electron chi connectivity index (χ4n) is 4.32. The molecule has 0 aliphatic carbocycles. The molecule has 2 aromatic carbocycles. The summed E-state index contributed by atoms with van der Waals surface area (Å²) in [5.74, 6) is 2.16. The van der Waals surface area contributed by atoms with E-state index in [1.807, 2.05) is 41.3 Å². The molecule has 1 amide bonds. The van der Waals surface area contributed by atoms with Gasteiger partial charge in [-0.3, -0.25) is 4.79 Å². The molecule has 154 valence electrons. The second kappa shape index (κ2) is 9.31. The minimum atomic E-state index is 0.106. The zero-order valence-electron chi connectivity index (χ0n) is 17.1. The van der Waals surface area contributed by atoms with Crippen molar-refractivity contribution in [1.29, 1.82) is 0 Å². The summed E-state index contributed by atoms with van der Waals surface area (Å²) >= 11 is 0. The Morgan fingerprint density at radius 3 is 2.55 bits per heavy atom. The highest BCUT2D eigenvalue weighted by molar-refractivity contribution is 5.94. The molecule has 0 radical (unpaired) electrons. The summed E-state index contributed by atoms with van der Waals surface area (Å²) in [6.07, 6.45) is 4.15. The predicted molar refractivity (Wildman–Crippen MR) is 114 cm³/mol. The lowest BCUT2D eigenvalue weighted by atomic mass is 9.90. The smallest absolute Gasteiger partial charge is 0.253 e. The Balaban J connectivity index is 1.35. The number of ether oxygens (including phenoxy) is 2. The van der Waals surface area contributed by atoms with Crippen molar-refractivity contribution >= 4 is 5.91 Å². The van der Waals surface area contributed by atoms with Crippen LogP contribution in [0.3, 0.4) is 0 Å². The highest BCUT2D eigenvalue weighted by atomic mass is 16.5. The molecule has 0 bridgehead atoms. The summed E-state index contributed by atoms with van der Waals surface area (Å²) in [6, 6.07) is 15.9. The Hall–Kier alpha value is -2.53. The number of methoxy groups -OCH3 is 1. The average Bonchev–Trinajstić information content (AvgIpc) is 2.80. The van der Waals surface area contributed by atoms with E-state index in [0.717, 1.165) is 43.0 Å². The van der Waals surface area contributed by atoms with Crippen molar-refractivity contribution in [2.24, 2.45) is 0 Å². The van der Waals surface area contributed by atoms with Crippen molar-refractivity contribution in [3.05, 3.63) is 59.7 Å². The molecule has 0 spiro atoms. The standard InChI is InChI=1S/C24H30N2O3/c1-28-22-9-2-3-10-23(22)29-21-11-14-26(15-12-21)24(27)19-7-4-6-18(16-19)20-8-5-13-25-17-20/h2-4,6-7,9-10,16,20-21,25H,5,8,11-15,17H2,1H3/t20-/m0/s1. The summed E-state index contributed by atoms with van der Waals surface area (Å²) in [4.78, 5) is 15.0. The number of piperidine rings is 2. The molecule has 5 heteroatoms. The highest BCUT2D eigenvalue weighted by Gasteiger charge is 2.26. The molecule has 2 aliphatic heterocycles. The van der Waals surface area contributed by atoms with E-state index in [0.29, 0.717) is 19.0 Å². The third-order valence-electron chi connectivity index (χ3n) is 5.99. The monoisotopic (exact) mass is 394 g/mol. The van der Waals surface area contributed by atoms with Crippen molar-refractivity contribution < 1.29 is 14.3 Å². The molecule has 2 aromatic rings. The second-order valence-corrected chi connectivity index (χ2v) is 7.93. The number of carbonyl (C=O) groups excluding carboxylic acids is 1. The van der Waals surface area contributed by atoms with E-state index in [1.165, 1.54) is 18.4 Å². The van der Waals surface area contributed by atoms with Gasteiger partial charge in [0.25, 0.3) is 5.91 Å². The number of para-hydroxylation sites is 2. The SMILES string of the molecule is COc1ccccc1OC1CCN(C(=O)c2cccc([C@H]3CCCNC3)c2)CC1.